The lowest BCUT2D eigenvalue weighted by Gasteiger charge is -2.25. The first-order valence-corrected chi connectivity index (χ1v) is 8.32. The highest BCUT2D eigenvalue weighted by atomic mass is 16.6. The number of benzene rings is 2. The summed E-state index contributed by atoms with van der Waals surface area (Å²) < 4.78 is 21.3. The number of amides is 1. The van der Waals surface area contributed by atoms with Gasteiger partial charge >= 0.3 is 0 Å². The Bertz CT molecular complexity index is 985. The van der Waals surface area contributed by atoms with Crippen molar-refractivity contribution in [3.05, 3.63) is 48.0 Å². The number of nitrogens with one attached hydrogen (secondary N) is 1. The highest BCUT2D eigenvalue weighted by Gasteiger charge is 2.29. The van der Waals surface area contributed by atoms with Crippen LogP contribution in [0.15, 0.2) is 47.1 Å². The van der Waals surface area contributed by atoms with Crippen molar-refractivity contribution in [2.75, 3.05) is 19.0 Å². The molecule has 0 radical (unpaired) electrons. The van der Waals surface area contributed by atoms with Gasteiger partial charge in [-0.2, -0.15) is 0 Å². The summed E-state index contributed by atoms with van der Waals surface area (Å²) in [5, 5.41) is 10.4. The minimum absolute atomic E-state index is 0.102. The first kappa shape index (κ1) is 16.9. The van der Waals surface area contributed by atoms with Crippen molar-refractivity contribution in [2.24, 2.45) is 0 Å². The molecule has 0 aliphatic carbocycles. The van der Waals surface area contributed by atoms with Gasteiger partial charge in [-0.1, -0.05) is 12.1 Å². The topological polar surface area (TPSA) is 95.7 Å². The fourth-order valence-electron chi connectivity index (χ4n) is 2.82. The predicted molar refractivity (Wildman–Crippen MR) is 96.0 cm³/mol. The summed E-state index contributed by atoms with van der Waals surface area (Å²) in [7, 11) is 1.60. The van der Waals surface area contributed by atoms with E-state index in [2.05, 4.69) is 15.6 Å². The molecule has 0 spiro atoms. The van der Waals surface area contributed by atoms with Crippen molar-refractivity contribution in [3.63, 3.8) is 0 Å². The number of para-hydroxylation sites is 2. The van der Waals surface area contributed by atoms with Gasteiger partial charge in [0.05, 0.1) is 7.11 Å². The van der Waals surface area contributed by atoms with E-state index in [-0.39, 0.29) is 12.4 Å². The third-order valence-corrected chi connectivity index (χ3v) is 4.22. The summed E-state index contributed by atoms with van der Waals surface area (Å²) in [6.07, 6.45) is -0.804. The van der Waals surface area contributed by atoms with Crippen molar-refractivity contribution < 1.29 is 23.6 Å². The Morgan fingerprint density at radius 2 is 2.00 bits per heavy atom. The third kappa shape index (κ3) is 3.29. The van der Waals surface area contributed by atoms with E-state index < -0.39 is 12.0 Å². The lowest BCUT2D eigenvalue weighted by Crippen LogP contribution is -2.40. The SMILES string of the molecule is COc1ccc(-c2nonc2NC(=O)C2COc3ccccc3O2)c(C)c1. The molecule has 0 saturated carbocycles. The van der Waals surface area contributed by atoms with Crippen LogP contribution in [0.5, 0.6) is 17.2 Å². The summed E-state index contributed by atoms with van der Waals surface area (Å²) in [5.41, 5.74) is 2.12. The maximum absolute atomic E-state index is 12.6. The number of rotatable bonds is 4. The van der Waals surface area contributed by atoms with Crippen molar-refractivity contribution in [2.45, 2.75) is 13.0 Å². The molecule has 4 rings (SSSR count). The number of carbonyl (C=O) groups is 1. The predicted octanol–water partition coefficient (Wildman–Crippen LogP) is 2.83. The monoisotopic (exact) mass is 367 g/mol. The number of anilines is 1. The van der Waals surface area contributed by atoms with Crippen LogP contribution in [0.25, 0.3) is 11.3 Å². The Kier molecular flexibility index (Phi) is 4.37. The molecule has 0 bridgehead atoms. The van der Waals surface area contributed by atoms with E-state index in [1.54, 1.807) is 25.3 Å². The molecule has 0 saturated heterocycles. The number of fused-ring (bicyclic) bond motifs is 1. The zero-order valence-electron chi connectivity index (χ0n) is 14.8. The molecular weight excluding hydrogens is 350 g/mol. The second-order valence-corrected chi connectivity index (χ2v) is 6.00. The molecule has 27 heavy (non-hydrogen) atoms. The molecule has 1 amide bonds. The average molecular weight is 367 g/mol. The largest absolute Gasteiger partial charge is 0.497 e. The molecule has 2 aromatic carbocycles. The van der Waals surface area contributed by atoms with Gasteiger partial charge in [0.25, 0.3) is 5.91 Å². The van der Waals surface area contributed by atoms with Crippen LogP contribution in [0.1, 0.15) is 5.56 Å². The first-order valence-electron chi connectivity index (χ1n) is 8.32. The standard InChI is InChI=1S/C19H17N3O5/c1-11-9-12(24-2)7-8-13(11)17-18(22-27-21-17)20-19(23)16-10-25-14-5-3-4-6-15(14)26-16/h3-9,16H,10H2,1-2H3,(H,20,22,23). The molecule has 8 nitrogen and oxygen atoms in total. The highest BCUT2D eigenvalue weighted by Crippen LogP contribution is 2.32. The second-order valence-electron chi connectivity index (χ2n) is 6.00. The fourth-order valence-corrected chi connectivity index (χ4v) is 2.82. The number of carbonyl (C=O) groups excluding carboxylic acids is 1. The molecule has 1 N–H and O–H groups in total. The minimum Gasteiger partial charge on any atom is -0.497 e. The average Bonchev–Trinajstić information content (AvgIpc) is 3.15. The van der Waals surface area contributed by atoms with Crippen LogP contribution >= 0.6 is 0 Å². The zero-order chi connectivity index (χ0) is 18.8. The van der Waals surface area contributed by atoms with Gasteiger partial charge in [-0.15, -0.1) is 0 Å². The third-order valence-electron chi connectivity index (χ3n) is 4.22. The number of ether oxygens (including phenoxy) is 3. The molecule has 1 aliphatic rings. The Labute approximate surface area is 155 Å². The van der Waals surface area contributed by atoms with E-state index in [0.29, 0.717) is 17.2 Å². The van der Waals surface area contributed by atoms with Crippen molar-refractivity contribution in [1.82, 2.24) is 10.3 Å². The van der Waals surface area contributed by atoms with Crippen LogP contribution in [-0.4, -0.2) is 36.0 Å². The van der Waals surface area contributed by atoms with Gasteiger partial charge in [-0.05, 0) is 53.1 Å². The molecular formula is C19H17N3O5. The van der Waals surface area contributed by atoms with Crippen LogP contribution < -0.4 is 19.5 Å². The Morgan fingerprint density at radius 1 is 1.19 bits per heavy atom. The number of aromatic nitrogens is 2. The smallest absolute Gasteiger partial charge is 0.270 e. The van der Waals surface area contributed by atoms with E-state index in [4.69, 9.17) is 18.8 Å². The molecule has 0 fully saturated rings. The lowest BCUT2D eigenvalue weighted by atomic mass is 10.1. The number of nitrogens with zero attached hydrogens (tertiary/aromatic N) is 2. The van der Waals surface area contributed by atoms with Gasteiger partial charge in [0.15, 0.2) is 17.2 Å². The molecule has 1 aromatic heterocycles. The molecule has 138 valence electrons. The summed E-state index contributed by atoms with van der Waals surface area (Å²) in [6, 6.07) is 12.7. The Balaban J connectivity index is 1.53. The molecule has 1 unspecified atom stereocenters. The maximum Gasteiger partial charge on any atom is 0.270 e. The van der Waals surface area contributed by atoms with Crippen LogP contribution in [0, 0.1) is 6.92 Å². The van der Waals surface area contributed by atoms with E-state index in [0.717, 1.165) is 16.9 Å². The van der Waals surface area contributed by atoms with Gasteiger partial charge in [0.1, 0.15) is 12.4 Å². The number of hydrogen-bond donors (Lipinski definition) is 1. The van der Waals surface area contributed by atoms with E-state index in [1.165, 1.54) is 0 Å². The van der Waals surface area contributed by atoms with Crippen LogP contribution in [-0.2, 0) is 4.79 Å². The van der Waals surface area contributed by atoms with Crippen LogP contribution in [0.2, 0.25) is 0 Å². The van der Waals surface area contributed by atoms with E-state index in [9.17, 15) is 4.79 Å². The quantitative estimate of drug-likeness (QED) is 0.757. The van der Waals surface area contributed by atoms with Crippen molar-refractivity contribution in [1.29, 1.82) is 0 Å². The van der Waals surface area contributed by atoms with Gasteiger partial charge in [0, 0.05) is 5.56 Å². The summed E-state index contributed by atoms with van der Waals surface area (Å²) in [5.74, 6) is 1.68. The zero-order valence-corrected chi connectivity index (χ0v) is 14.8. The van der Waals surface area contributed by atoms with Gasteiger partial charge in [0.2, 0.25) is 11.9 Å². The molecule has 1 atom stereocenters. The van der Waals surface area contributed by atoms with E-state index in [1.807, 2.05) is 31.2 Å². The van der Waals surface area contributed by atoms with Crippen molar-refractivity contribution >= 4 is 11.7 Å². The molecule has 2 heterocycles. The lowest BCUT2D eigenvalue weighted by molar-refractivity contribution is -0.125. The van der Waals surface area contributed by atoms with Crippen molar-refractivity contribution in [3.8, 4) is 28.5 Å². The number of aryl methyl sites for hydroxylation is 1. The van der Waals surface area contributed by atoms with E-state index >= 15 is 0 Å². The number of hydrogen-bond acceptors (Lipinski definition) is 7. The summed E-state index contributed by atoms with van der Waals surface area (Å²) in [4.78, 5) is 12.6. The summed E-state index contributed by atoms with van der Waals surface area (Å²) >= 11 is 0. The molecule has 3 aromatic rings. The minimum atomic E-state index is -0.804. The normalized spacial score (nSPS) is 15.3. The Hall–Kier alpha value is -3.55. The second kappa shape index (κ2) is 6.99. The fraction of sp³-hybridized carbons (Fsp3) is 0.211. The van der Waals surface area contributed by atoms with Gasteiger partial charge in [-0.3, -0.25) is 4.79 Å². The van der Waals surface area contributed by atoms with Gasteiger partial charge < -0.3 is 19.5 Å². The maximum atomic E-state index is 12.6. The first-order chi connectivity index (χ1) is 13.2. The summed E-state index contributed by atoms with van der Waals surface area (Å²) in [6.45, 7) is 2.01. The molecule has 8 heteroatoms. The van der Waals surface area contributed by atoms with Crippen LogP contribution in [0.3, 0.4) is 0 Å². The number of methoxy groups -OCH3 is 1. The molecule has 1 aliphatic heterocycles. The highest BCUT2D eigenvalue weighted by molar-refractivity contribution is 5.96. The van der Waals surface area contributed by atoms with Gasteiger partial charge in [-0.25, -0.2) is 4.63 Å². The van der Waals surface area contributed by atoms with Crippen LogP contribution in [0.4, 0.5) is 5.82 Å². The Morgan fingerprint density at radius 3 is 2.78 bits per heavy atom.